The molecule has 6 aromatic rings. The Morgan fingerprint density at radius 2 is 1.64 bits per heavy atom. The van der Waals surface area contributed by atoms with Crippen LogP contribution in [0, 0.1) is 11.6 Å². The fourth-order valence-electron chi connectivity index (χ4n) is 6.79. The average Bonchev–Trinajstić information content (AvgIpc) is 3.64. The summed E-state index contributed by atoms with van der Waals surface area (Å²) in [6, 6.07) is 17.6. The number of fused-ring (bicyclic) bond motifs is 10. The third-order valence-electron chi connectivity index (χ3n) is 8.63. The number of aliphatic hydroxyl groups is 2. The molecular formula is C33H25F2N3O6. The van der Waals surface area contributed by atoms with E-state index >= 15 is 0 Å². The molecular weight excluding hydrogens is 572 g/mol. The third kappa shape index (κ3) is 3.90. The van der Waals surface area contributed by atoms with Crippen LogP contribution >= 0.6 is 0 Å². The van der Waals surface area contributed by atoms with Gasteiger partial charge in [-0.15, -0.1) is 0 Å². The smallest absolute Gasteiger partial charge is 0.259 e. The molecule has 44 heavy (non-hydrogen) atoms. The van der Waals surface area contributed by atoms with Gasteiger partial charge in [0.25, 0.3) is 11.8 Å². The van der Waals surface area contributed by atoms with E-state index in [0.717, 1.165) is 5.56 Å². The first-order chi connectivity index (χ1) is 21.3. The number of imide groups is 1. The number of aliphatic hydroxyl groups excluding tert-OH is 2. The quantitative estimate of drug-likeness (QED) is 0.211. The number of halogens is 2. The Kier molecular flexibility index (Phi) is 6.07. The number of carbonyl (C=O) groups excluding carboxylic acids is 2. The van der Waals surface area contributed by atoms with Crippen molar-refractivity contribution in [3.05, 3.63) is 95.1 Å². The molecule has 4 N–H and O–H groups in total. The first-order valence-corrected chi connectivity index (χ1v) is 14.2. The van der Waals surface area contributed by atoms with Gasteiger partial charge in [0.1, 0.15) is 17.7 Å². The van der Waals surface area contributed by atoms with Crippen LogP contribution in [0.15, 0.2) is 66.7 Å². The molecule has 8 rings (SSSR count). The van der Waals surface area contributed by atoms with Crippen LogP contribution in [0.4, 0.5) is 8.78 Å². The van der Waals surface area contributed by atoms with Gasteiger partial charge in [0.05, 0.1) is 53.1 Å². The summed E-state index contributed by atoms with van der Waals surface area (Å²) in [6.07, 6.45) is -3.73. The van der Waals surface area contributed by atoms with Gasteiger partial charge >= 0.3 is 0 Å². The lowest BCUT2D eigenvalue weighted by Crippen LogP contribution is -2.48. The van der Waals surface area contributed by atoms with E-state index in [4.69, 9.17) is 9.47 Å². The van der Waals surface area contributed by atoms with E-state index in [1.54, 1.807) is 10.6 Å². The van der Waals surface area contributed by atoms with Gasteiger partial charge in [0.15, 0.2) is 6.23 Å². The van der Waals surface area contributed by atoms with Crippen LogP contribution in [0.5, 0.6) is 0 Å². The zero-order valence-corrected chi connectivity index (χ0v) is 23.0. The van der Waals surface area contributed by atoms with Gasteiger partial charge in [0, 0.05) is 33.5 Å². The minimum absolute atomic E-state index is 0.0360. The molecule has 0 saturated carbocycles. The zero-order valence-electron chi connectivity index (χ0n) is 23.0. The lowest BCUT2D eigenvalue weighted by atomic mass is 9.96. The van der Waals surface area contributed by atoms with E-state index in [1.165, 1.54) is 30.3 Å². The Hall–Kier alpha value is -4.68. The van der Waals surface area contributed by atoms with Crippen molar-refractivity contribution in [2.45, 2.75) is 37.6 Å². The lowest BCUT2D eigenvalue weighted by molar-refractivity contribution is -0.222. The highest BCUT2D eigenvalue weighted by Crippen LogP contribution is 2.46. The van der Waals surface area contributed by atoms with Gasteiger partial charge in [-0.05, 0) is 42.0 Å². The lowest BCUT2D eigenvalue weighted by Gasteiger charge is -2.40. The number of nitrogens with zero attached hydrogens (tertiary/aromatic N) is 1. The minimum Gasteiger partial charge on any atom is -0.394 e. The molecule has 1 saturated heterocycles. The summed E-state index contributed by atoms with van der Waals surface area (Å²) in [5, 5.41) is 25.1. The summed E-state index contributed by atoms with van der Waals surface area (Å²) in [7, 11) is 0. The molecule has 11 heteroatoms. The van der Waals surface area contributed by atoms with Crippen LogP contribution in [0.1, 0.15) is 38.9 Å². The topological polar surface area (TPSA) is 126 Å². The first-order valence-electron chi connectivity index (χ1n) is 14.2. The monoisotopic (exact) mass is 597 g/mol. The molecule has 0 spiro atoms. The largest absolute Gasteiger partial charge is 0.394 e. The maximum absolute atomic E-state index is 14.9. The first kappa shape index (κ1) is 26.9. The second-order valence-electron chi connectivity index (χ2n) is 11.2. The van der Waals surface area contributed by atoms with Crippen molar-refractivity contribution in [3.8, 4) is 0 Å². The van der Waals surface area contributed by atoms with Crippen molar-refractivity contribution in [2.24, 2.45) is 0 Å². The highest BCUT2D eigenvalue weighted by molar-refractivity contribution is 6.39. The average molecular weight is 598 g/mol. The van der Waals surface area contributed by atoms with Gasteiger partial charge < -0.3 is 29.2 Å². The number of benzene rings is 4. The fraction of sp³-hybridized carbons (Fsp3) is 0.212. The maximum Gasteiger partial charge on any atom is 0.259 e. The number of rotatable bonds is 5. The van der Waals surface area contributed by atoms with E-state index in [0.29, 0.717) is 43.6 Å². The predicted octanol–water partition coefficient (Wildman–Crippen LogP) is 4.82. The molecule has 4 aromatic carbocycles. The molecule has 4 atom stereocenters. The number of aromatic nitrogens is 2. The van der Waals surface area contributed by atoms with E-state index < -0.39 is 48.0 Å². The van der Waals surface area contributed by atoms with Crippen LogP contribution in [-0.2, 0) is 16.1 Å². The number of ether oxygens (including phenoxy) is 2. The number of aromatic amines is 1. The molecule has 2 amide bonds. The van der Waals surface area contributed by atoms with Gasteiger partial charge in [-0.25, -0.2) is 8.78 Å². The fourth-order valence-corrected chi connectivity index (χ4v) is 6.79. The number of H-pyrrole nitrogens is 1. The Morgan fingerprint density at radius 3 is 2.39 bits per heavy atom. The molecule has 0 radical (unpaired) electrons. The predicted molar refractivity (Wildman–Crippen MR) is 157 cm³/mol. The van der Waals surface area contributed by atoms with Crippen molar-refractivity contribution in [1.82, 2.24) is 14.9 Å². The highest BCUT2D eigenvalue weighted by atomic mass is 19.1. The number of hydrogen-bond acceptors (Lipinski definition) is 6. The molecule has 4 heterocycles. The molecule has 0 unspecified atom stereocenters. The van der Waals surface area contributed by atoms with Crippen LogP contribution in [-0.4, -0.2) is 56.5 Å². The van der Waals surface area contributed by atoms with Gasteiger partial charge in [-0.2, -0.15) is 0 Å². The van der Waals surface area contributed by atoms with Crippen LogP contribution in [0.2, 0.25) is 0 Å². The molecule has 9 nitrogen and oxygen atoms in total. The zero-order chi connectivity index (χ0) is 30.3. The second kappa shape index (κ2) is 9.93. The van der Waals surface area contributed by atoms with Crippen molar-refractivity contribution in [1.29, 1.82) is 0 Å². The third-order valence-corrected chi connectivity index (χ3v) is 8.63. The molecule has 2 aliphatic rings. The van der Waals surface area contributed by atoms with Gasteiger partial charge in [0.2, 0.25) is 0 Å². The van der Waals surface area contributed by atoms with Gasteiger partial charge in [-0.3, -0.25) is 14.9 Å². The van der Waals surface area contributed by atoms with E-state index in [9.17, 15) is 28.6 Å². The molecule has 0 bridgehead atoms. The Labute approximate surface area is 247 Å². The minimum atomic E-state index is -1.06. The van der Waals surface area contributed by atoms with Crippen molar-refractivity contribution < 1.29 is 38.1 Å². The number of amides is 2. The van der Waals surface area contributed by atoms with Crippen molar-refractivity contribution >= 4 is 55.4 Å². The summed E-state index contributed by atoms with van der Waals surface area (Å²) < 4.78 is 43.8. The number of nitrogens with one attached hydrogen (secondary N) is 2. The summed E-state index contributed by atoms with van der Waals surface area (Å²) in [4.78, 5) is 29.9. The van der Waals surface area contributed by atoms with Crippen LogP contribution in [0.3, 0.4) is 0 Å². The molecule has 2 aromatic heterocycles. The second-order valence-corrected chi connectivity index (χ2v) is 11.2. The standard InChI is InChI=1S/C33H25F2N3O6/c34-16-6-8-21-19(10-16)24-26-27(32(42)37-31(26)41)25-20-11-17(35)7-9-22(20)38(29(25)28(24)36-21)33-30(23(40)12-18(13-39)44-33)43-14-15-4-2-1-3-5-15/h1-11,18,23,30,33,36,39-40H,12-14H2,(H,37,41,42)/t18-,23-,30+,33+/m0/s1. The summed E-state index contributed by atoms with van der Waals surface area (Å²) in [5.41, 5.74) is 2.69. The molecule has 222 valence electrons. The number of hydrogen-bond donors (Lipinski definition) is 4. The normalized spacial score (nSPS) is 22.0. The van der Waals surface area contributed by atoms with Crippen LogP contribution in [0.25, 0.3) is 43.6 Å². The van der Waals surface area contributed by atoms with E-state index in [2.05, 4.69) is 10.3 Å². The Balaban J connectivity index is 1.48. The summed E-state index contributed by atoms with van der Waals surface area (Å²) in [6.45, 7) is -0.233. The van der Waals surface area contributed by atoms with Crippen molar-refractivity contribution in [3.63, 3.8) is 0 Å². The van der Waals surface area contributed by atoms with Crippen molar-refractivity contribution in [2.75, 3.05) is 6.61 Å². The molecule has 0 aliphatic carbocycles. The summed E-state index contributed by atoms with van der Waals surface area (Å²) >= 11 is 0. The highest BCUT2D eigenvalue weighted by Gasteiger charge is 2.43. The Bertz CT molecular complexity index is 2160. The summed E-state index contributed by atoms with van der Waals surface area (Å²) in [5.74, 6) is -2.41. The number of carbonyl (C=O) groups is 2. The van der Waals surface area contributed by atoms with Gasteiger partial charge in [-0.1, -0.05) is 30.3 Å². The molecule has 2 aliphatic heterocycles. The molecule has 1 fully saturated rings. The Morgan fingerprint density at radius 1 is 0.932 bits per heavy atom. The maximum atomic E-state index is 14.9. The van der Waals surface area contributed by atoms with E-state index in [-0.39, 0.29) is 30.8 Å². The SMILES string of the molecule is O=C1NC(=O)c2c1c1c3cc(F)ccc3[nH]c1c1c2c2cc(F)ccc2n1[C@@H]1O[C@H](CO)C[C@H](O)[C@H]1OCc1ccccc1. The van der Waals surface area contributed by atoms with Crippen LogP contribution < -0.4 is 5.32 Å². The van der Waals surface area contributed by atoms with E-state index in [1.807, 2.05) is 30.3 Å².